The standard InChI is InChI=1S/C11H8N2O4/c14-9-7(6-4-2-1-3-5-6)8(10(15)16)12-11(17)13-9/h1-5H,(H,15,16)(H2,12,13,14,17). The maximum absolute atomic E-state index is 11.6. The number of aromatic nitrogens is 2. The Morgan fingerprint density at radius 1 is 1.06 bits per heavy atom. The molecule has 86 valence electrons. The van der Waals surface area contributed by atoms with E-state index in [0.717, 1.165) is 0 Å². The van der Waals surface area contributed by atoms with E-state index in [0.29, 0.717) is 5.56 Å². The van der Waals surface area contributed by atoms with Gasteiger partial charge in [-0.1, -0.05) is 30.3 Å². The van der Waals surface area contributed by atoms with Crippen molar-refractivity contribution in [2.24, 2.45) is 0 Å². The third-order valence-corrected chi connectivity index (χ3v) is 2.22. The Bertz CT molecular complexity index is 670. The van der Waals surface area contributed by atoms with Crippen LogP contribution in [0, 0.1) is 0 Å². The molecule has 6 heteroatoms. The molecular formula is C11H8N2O4. The molecule has 0 aliphatic heterocycles. The second-order valence-electron chi connectivity index (χ2n) is 3.33. The highest BCUT2D eigenvalue weighted by atomic mass is 16.4. The van der Waals surface area contributed by atoms with Gasteiger partial charge in [0.2, 0.25) is 0 Å². The summed E-state index contributed by atoms with van der Waals surface area (Å²) in [7, 11) is 0. The Labute approximate surface area is 94.6 Å². The van der Waals surface area contributed by atoms with Crippen molar-refractivity contribution in [2.45, 2.75) is 0 Å². The molecule has 17 heavy (non-hydrogen) atoms. The molecule has 0 amide bonds. The van der Waals surface area contributed by atoms with Crippen LogP contribution in [0.15, 0.2) is 39.9 Å². The number of aromatic carboxylic acids is 1. The largest absolute Gasteiger partial charge is 0.477 e. The van der Waals surface area contributed by atoms with Gasteiger partial charge < -0.3 is 10.1 Å². The molecule has 0 unspecified atom stereocenters. The number of hydrogen-bond donors (Lipinski definition) is 3. The van der Waals surface area contributed by atoms with Gasteiger partial charge in [-0.15, -0.1) is 0 Å². The molecule has 1 aromatic heterocycles. The van der Waals surface area contributed by atoms with E-state index in [1.54, 1.807) is 30.3 Å². The first kappa shape index (κ1) is 10.9. The van der Waals surface area contributed by atoms with Gasteiger partial charge in [0, 0.05) is 0 Å². The fourth-order valence-corrected chi connectivity index (χ4v) is 1.53. The van der Waals surface area contributed by atoms with Crippen molar-refractivity contribution < 1.29 is 9.90 Å². The van der Waals surface area contributed by atoms with Gasteiger partial charge in [0.1, 0.15) is 5.69 Å². The van der Waals surface area contributed by atoms with E-state index in [2.05, 4.69) is 4.98 Å². The number of aromatic amines is 2. The molecule has 0 saturated carbocycles. The first-order valence-electron chi connectivity index (χ1n) is 4.75. The van der Waals surface area contributed by atoms with Gasteiger partial charge >= 0.3 is 11.7 Å². The van der Waals surface area contributed by atoms with Gasteiger partial charge in [0.05, 0.1) is 5.56 Å². The van der Waals surface area contributed by atoms with Crippen molar-refractivity contribution in [3.05, 3.63) is 56.9 Å². The molecule has 0 fully saturated rings. The van der Waals surface area contributed by atoms with E-state index in [1.807, 2.05) is 4.98 Å². The quantitative estimate of drug-likeness (QED) is 0.698. The lowest BCUT2D eigenvalue weighted by molar-refractivity contribution is 0.0690. The van der Waals surface area contributed by atoms with E-state index >= 15 is 0 Å². The van der Waals surface area contributed by atoms with E-state index in [4.69, 9.17) is 5.11 Å². The maximum Gasteiger partial charge on any atom is 0.353 e. The molecule has 0 radical (unpaired) electrons. The number of nitrogens with one attached hydrogen (secondary N) is 2. The molecule has 2 aromatic rings. The molecule has 1 heterocycles. The Kier molecular flexibility index (Phi) is 2.61. The van der Waals surface area contributed by atoms with E-state index < -0.39 is 22.9 Å². The number of hydrogen-bond acceptors (Lipinski definition) is 3. The van der Waals surface area contributed by atoms with Crippen molar-refractivity contribution >= 4 is 5.97 Å². The highest BCUT2D eigenvalue weighted by Gasteiger charge is 2.16. The minimum Gasteiger partial charge on any atom is -0.477 e. The van der Waals surface area contributed by atoms with Crippen molar-refractivity contribution in [1.82, 2.24) is 9.97 Å². The van der Waals surface area contributed by atoms with Crippen LogP contribution in [-0.2, 0) is 0 Å². The summed E-state index contributed by atoms with van der Waals surface area (Å²) in [6, 6.07) is 8.27. The second kappa shape index (κ2) is 4.09. The minimum atomic E-state index is -1.35. The molecule has 6 nitrogen and oxygen atoms in total. The van der Waals surface area contributed by atoms with Crippen molar-refractivity contribution in [2.75, 3.05) is 0 Å². The van der Waals surface area contributed by atoms with Crippen LogP contribution >= 0.6 is 0 Å². The summed E-state index contributed by atoms with van der Waals surface area (Å²) in [6.07, 6.45) is 0. The molecule has 0 saturated heterocycles. The van der Waals surface area contributed by atoms with Gasteiger partial charge in [-0.2, -0.15) is 0 Å². The zero-order valence-electron chi connectivity index (χ0n) is 8.56. The van der Waals surface area contributed by atoms with Gasteiger partial charge in [0.25, 0.3) is 5.56 Å². The normalized spacial score (nSPS) is 10.1. The summed E-state index contributed by atoms with van der Waals surface area (Å²) in [5.74, 6) is -1.35. The zero-order valence-corrected chi connectivity index (χ0v) is 8.56. The average molecular weight is 232 g/mol. The van der Waals surface area contributed by atoms with Crippen molar-refractivity contribution in [3.63, 3.8) is 0 Å². The van der Waals surface area contributed by atoms with Gasteiger partial charge in [-0.3, -0.25) is 9.78 Å². The summed E-state index contributed by atoms with van der Waals surface area (Å²) >= 11 is 0. The van der Waals surface area contributed by atoms with Crippen molar-refractivity contribution in [3.8, 4) is 11.1 Å². The number of carboxylic acid groups (broad SMARTS) is 1. The summed E-state index contributed by atoms with van der Waals surface area (Å²) in [6.45, 7) is 0. The fraction of sp³-hybridized carbons (Fsp3) is 0. The lowest BCUT2D eigenvalue weighted by atomic mass is 10.1. The van der Waals surface area contributed by atoms with Crippen LogP contribution in [-0.4, -0.2) is 21.0 Å². The van der Waals surface area contributed by atoms with E-state index in [-0.39, 0.29) is 5.56 Å². The Morgan fingerprint density at radius 2 is 1.71 bits per heavy atom. The first-order valence-corrected chi connectivity index (χ1v) is 4.75. The highest BCUT2D eigenvalue weighted by molar-refractivity contribution is 5.93. The lowest BCUT2D eigenvalue weighted by Crippen LogP contribution is -2.27. The summed E-state index contributed by atoms with van der Waals surface area (Å²) in [4.78, 5) is 37.7. The van der Waals surface area contributed by atoms with Crippen LogP contribution in [0.5, 0.6) is 0 Å². The third-order valence-electron chi connectivity index (χ3n) is 2.22. The molecule has 0 bridgehead atoms. The monoisotopic (exact) mass is 232 g/mol. The van der Waals surface area contributed by atoms with E-state index in [1.165, 1.54) is 0 Å². The molecule has 2 rings (SSSR count). The third kappa shape index (κ3) is 2.00. The smallest absolute Gasteiger partial charge is 0.353 e. The Morgan fingerprint density at radius 3 is 2.29 bits per heavy atom. The predicted molar refractivity (Wildman–Crippen MR) is 60.1 cm³/mol. The molecule has 3 N–H and O–H groups in total. The zero-order chi connectivity index (χ0) is 12.4. The second-order valence-corrected chi connectivity index (χ2v) is 3.33. The SMILES string of the molecule is O=C(O)c1[nH]c(=O)[nH]c(=O)c1-c1ccccc1. The van der Waals surface area contributed by atoms with Crippen LogP contribution < -0.4 is 11.2 Å². The van der Waals surface area contributed by atoms with Gasteiger partial charge in [0.15, 0.2) is 0 Å². The van der Waals surface area contributed by atoms with Crippen LogP contribution in [0.4, 0.5) is 0 Å². The molecule has 0 spiro atoms. The van der Waals surface area contributed by atoms with Crippen LogP contribution in [0.1, 0.15) is 10.5 Å². The van der Waals surface area contributed by atoms with Gasteiger partial charge in [-0.05, 0) is 5.56 Å². The number of carboxylic acids is 1. The Balaban J connectivity index is 2.82. The topological polar surface area (TPSA) is 103 Å². The van der Waals surface area contributed by atoms with Crippen molar-refractivity contribution in [1.29, 1.82) is 0 Å². The first-order chi connectivity index (χ1) is 8.09. The number of carbonyl (C=O) groups is 1. The molecular weight excluding hydrogens is 224 g/mol. The number of H-pyrrole nitrogens is 2. The van der Waals surface area contributed by atoms with E-state index in [9.17, 15) is 14.4 Å². The summed E-state index contributed by atoms with van der Waals surface area (Å²) in [5.41, 5.74) is -1.60. The molecule has 0 aliphatic rings. The molecule has 1 aromatic carbocycles. The van der Waals surface area contributed by atoms with Crippen LogP contribution in [0.2, 0.25) is 0 Å². The number of rotatable bonds is 2. The lowest BCUT2D eigenvalue weighted by Gasteiger charge is -2.03. The Hall–Kier alpha value is -2.63. The maximum atomic E-state index is 11.6. The average Bonchev–Trinajstić information content (AvgIpc) is 2.29. The fourth-order valence-electron chi connectivity index (χ4n) is 1.53. The van der Waals surface area contributed by atoms with Crippen LogP contribution in [0.3, 0.4) is 0 Å². The predicted octanol–water partition coefficient (Wildman–Crippen LogP) is 0.428. The molecule has 0 aliphatic carbocycles. The van der Waals surface area contributed by atoms with Gasteiger partial charge in [-0.25, -0.2) is 9.59 Å². The van der Waals surface area contributed by atoms with Crippen LogP contribution in [0.25, 0.3) is 11.1 Å². The highest BCUT2D eigenvalue weighted by Crippen LogP contribution is 2.16. The minimum absolute atomic E-state index is 0.0577. The summed E-state index contributed by atoms with van der Waals surface area (Å²) in [5, 5.41) is 8.95. The number of benzene rings is 1. The molecule has 0 atom stereocenters. The summed E-state index contributed by atoms with van der Waals surface area (Å²) < 4.78 is 0.